The Morgan fingerprint density at radius 2 is 1.76 bits per heavy atom. The lowest BCUT2D eigenvalue weighted by Crippen LogP contribution is -2.40. The van der Waals surface area contributed by atoms with Crippen molar-refractivity contribution in [1.82, 2.24) is 4.90 Å². The standard InChI is InChI=1S/C17H14BrNO2/c1-10(2)8-9-19-16(20)12-5-3-4-11-14(18)7-6-13(15(11)12)17(19)21/h3-8H,9H2,1-2H3. The van der Waals surface area contributed by atoms with Crippen LogP contribution in [0.3, 0.4) is 0 Å². The van der Waals surface area contributed by atoms with Crippen LogP contribution in [0.15, 0.2) is 46.5 Å². The van der Waals surface area contributed by atoms with Gasteiger partial charge in [-0.25, -0.2) is 0 Å². The first-order chi connectivity index (χ1) is 10.0. The van der Waals surface area contributed by atoms with Gasteiger partial charge in [0.25, 0.3) is 11.8 Å². The average molecular weight is 344 g/mol. The van der Waals surface area contributed by atoms with Gasteiger partial charge in [0.1, 0.15) is 0 Å². The van der Waals surface area contributed by atoms with Gasteiger partial charge >= 0.3 is 0 Å². The van der Waals surface area contributed by atoms with E-state index in [1.807, 2.05) is 38.1 Å². The molecule has 0 spiro atoms. The van der Waals surface area contributed by atoms with Crippen LogP contribution in [0.5, 0.6) is 0 Å². The molecule has 0 aromatic heterocycles. The first-order valence-corrected chi connectivity index (χ1v) is 7.51. The summed E-state index contributed by atoms with van der Waals surface area (Å²) in [6.07, 6.45) is 1.89. The van der Waals surface area contributed by atoms with E-state index in [0.29, 0.717) is 17.7 Å². The van der Waals surface area contributed by atoms with Crippen molar-refractivity contribution in [1.29, 1.82) is 0 Å². The van der Waals surface area contributed by atoms with E-state index < -0.39 is 0 Å². The van der Waals surface area contributed by atoms with Gasteiger partial charge in [-0.2, -0.15) is 0 Å². The van der Waals surface area contributed by atoms with Gasteiger partial charge in [0.2, 0.25) is 0 Å². The minimum absolute atomic E-state index is 0.228. The van der Waals surface area contributed by atoms with E-state index >= 15 is 0 Å². The van der Waals surface area contributed by atoms with Crippen molar-refractivity contribution in [3.05, 3.63) is 57.6 Å². The Morgan fingerprint density at radius 1 is 1.10 bits per heavy atom. The van der Waals surface area contributed by atoms with E-state index in [0.717, 1.165) is 20.8 Å². The Labute approximate surface area is 131 Å². The molecule has 3 nitrogen and oxygen atoms in total. The van der Waals surface area contributed by atoms with Crippen LogP contribution in [0.4, 0.5) is 0 Å². The predicted molar refractivity (Wildman–Crippen MR) is 86.4 cm³/mol. The van der Waals surface area contributed by atoms with E-state index in [4.69, 9.17) is 0 Å². The molecule has 0 bridgehead atoms. The number of carbonyl (C=O) groups excluding carboxylic acids is 2. The van der Waals surface area contributed by atoms with Crippen molar-refractivity contribution in [2.24, 2.45) is 0 Å². The number of hydrogen-bond donors (Lipinski definition) is 0. The van der Waals surface area contributed by atoms with Crippen LogP contribution in [0, 0.1) is 0 Å². The topological polar surface area (TPSA) is 37.4 Å². The second-order valence-corrected chi connectivity index (χ2v) is 6.18. The molecule has 0 radical (unpaired) electrons. The van der Waals surface area contributed by atoms with E-state index in [1.54, 1.807) is 12.1 Å². The SMILES string of the molecule is CC(C)=CCN1C(=O)c2cccc3c(Br)ccc(c23)C1=O. The molecule has 0 unspecified atom stereocenters. The molecular formula is C17H14BrNO2. The number of allylic oxidation sites excluding steroid dienone is 1. The fraction of sp³-hybridized carbons (Fsp3) is 0.176. The maximum absolute atomic E-state index is 12.6. The highest BCUT2D eigenvalue weighted by Gasteiger charge is 2.32. The molecule has 2 aromatic rings. The Kier molecular flexibility index (Phi) is 3.41. The number of carbonyl (C=O) groups is 2. The van der Waals surface area contributed by atoms with Gasteiger partial charge in [-0.15, -0.1) is 0 Å². The van der Waals surface area contributed by atoms with Crippen LogP contribution in [0.25, 0.3) is 10.8 Å². The minimum atomic E-state index is -0.228. The average Bonchev–Trinajstić information content (AvgIpc) is 2.45. The number of imide groups is 1. The Balaban J connectivity index is 2.22. The summed E-state index contributed by atoms with van der Waals surface area (Å²) in [5.74, 6) is -0.456. The predicted octanol–water partition coefficient (Wildman–Crippen LogP) is 4.16. The van der Waals surface area contributed by atoms with Crippen LogP contribution < -0.4 is 0 Å². The summed E-state index contributed by atoms with van der Waals surface area (Å²) in [6, 6.07) is 9.18. The summed E-state index contributed by atoms with van der Waals surface area (Å²) in [4.78, 5) is 26.5. The Bertz CT molecular complexity index is 782. The van der Waals surface area contributed by atoms with Crippen molar-refractivity contribution in [3.63, 3.8) is 0 Å². The molecule has 106 valence electrons. The van der Waals surface area contributed by atoms with Gasteiger partial charge in [-0.3, -0.25) is 14.5 Å². The van der Waals surface area contributed by atoms with Crippen molar-refractivity contribution in [2.45, 2.75) is 13.8 Å². The molecule has 0 N–H and O–H groups in total. The Morgan fingerprint density at radius 3 is 2.43 bits per heavy atom. The van der Waals surface area contributed by atoms with Crippen LogP contribution in [-0.4, -0.2) is 23.3 Å². The normalized spacial score (nSPS) is 13.8. The smallest absolute Gasteiger partial charge is 0.261 e. The van der Waals surface area contributed by atoms with Gasteiger partial charge in [-0.1, -0.05) is 39.7 Å². The lowest BCUT2D eigenvalue weighted by molar-refractivity contribution is 0.0628. The number of hydrogen-bond acceptors (Lipinski definition) is 2. The fourth-order valence-corrected chi connectivity index (χ4v) is 3.01. The quantitative estimate of drug-likeness (QED) is 0.606. The van der Waals surface area contributed by atoms with Crippen molar-refractivity contribution >= 4 is 38.5 Å². The number of benzene rings is 2. The Hall–Kier alpha value is -1.94. The maximum Gasteiger partial charge on any atom is 0.261 e. The molecule has 1 aliphatic rings. The second-order valence-electron chi connectivity index (χ2n) is 5.33. The summed E-state index contributed by atoms with van der Waals surface area (Å²) in [7, 11) is 0. The first-order valence-electron chi connectivity index (χ1n) is 6.71. The molecule has 0 aliphatic carbocycles. The highest BCUT2D eigenvalue weighted by molar-refractivity contribution is 9.10. The molecular weight excluding hydrogens is 330 g/mol. The van der Waals surface area contributed by atoms with Crippen LogP contribution in [0.2, 0.25) is 0 Å². The summed E-state index contributed by atoms with van der Waals surface area (Å²) in [5.41, 5.74) is 2.26. The zero-order valence-corrected chi connectivity index (χ0v) is 13.4. The minimum Gasteiger partial charge on any atom is -0.270 e. The first kappa shape index (κ1) is 14.0. The molecule has 3 rings (SSSR count). The lowest BCUT2D eigenvalue weighted by Gasteiger charge is -2.26. The number of amides is 2. The fourth-order valence-electron chi connectivity index (χ4n) is 2.55. The molecule has 2 aromatic carbocycles. The molecule has 0 fully saturated rings. The van der Waals surface area contributed by atoms with E-state index in [1.165, 1.54) is 4.90 Å². The molecule has 1 aliphatic heterocycles. The monoisotopic (exact) mass is 343 g/mol. The van der Waals surface area contributed by atoms with Crippen molar-refractivity contribution < 1.29 is 9.59 Å². The lowest BCUT2D eigenvalue weighted by atomic mass is 9.94. The molecule has 4 heteroatoms. The number of rotatable bonds is 2. The molecule has 1 heterocycles. The van der Waals surface area contributed by atoms with Crippen LogP contribution >= 0.6 is 15.9 Å². The van der Waals surface area contributed by atoms with Gasteiger partial charge in [-0.05, 0) is 37.4 Å². The third kappa shape index (κ3) is 2.20. The van der Waals surface area contributed by atoms with Gasteiger partial charge in [0.15, 0.2) is 0 Å². The highest BCUT2D eigenvalue weighted by Crippen LogP contribution is 2.34. The zero-order valence-electron chi connectivity index (χ0n) is 11.8. The number of nitrogens with zero attached hydrogens (tertiary/aromatic N) is 1. The summed E-state index contributed by atoms with van der Waals surface area (Å²) < 4.78 is 0.890. The molecule has 0 saturated carbocycles. The zero-order chi connectivity index (χ0) is 15.1. The van der Waals surface area contributed by atoms with Crippen molar-refractivity contribution in [2.75, 3.05) is 6.54 Å². The largest absolute Gasteiger partial charge is 0.270 e. The molecule has 2 amide bonds. The molecule has 0 saturated heterocycles. The summed E-state index contributed by atoms with van der Waals surface area (Å²) in [5, 5.41) is 1.64. The van der Waals surface area contributed by atoms with Gasteiger partial charge < -0.3 is 0 Å². The van der Waals surface area contributed by atoms with Crippen molar-refractivity contribution in [3.8, 4) is 0 Å². The van der Waals surface area contributed by atoms with Crippen LogP contribution in [-0.2, 0) is 0 Å². The molecule has 21 heavy (non-hydrogen) atoms. The third-order valence-electron chi connectivity index (χ3n) is 3.62. The van der Waals surface area contributed by atoms with Gasteiger partial charge in [0, 0.05) is 27.5 Å². The van der Waals surface area contributed by atoms with Crippen LogP contribution in [0.1, 0.15) is 34.6 Å². The maximum atomic E-state index is 12.6. The van der Waals surface area contributed by atoms with Gasteiger partial charge in [0.05, 0.1) is 0 Å². The summed E-state index contributed by atoms with van der Waals surface area (Å²) in [6.45, 7) is 4.21. The van der Waals surface area contributed by atoms with E-state index in [9.17, 15) is 9.59 Å². The highest BCUT2D eigenvalue weighted by atomic mass is 79.9. The summed E-state index contributed by atoms with van der Waals surface area (Å²) >= 11 is 3.48. The number of halogens is 1. The molecule has 0 atom stereocenters. The second kappa shape index (κ2) is 5.11. The van der Waals surface area contributed by atoms with E-state index in [2.05, 4.69) is 15.9 Å². The third-order valence-corrected chi connectivity index (χ3v) is 4.31. The van der Waals surface area contributed by atoms with E-state index in [-0.39, 0.29) is 11.8 Å².